The molecule has 0 spiro atoms. The number of aromatic nitrogens is 2. The summed E-state index contributed by atoms with van der Waals surface area (Å²) in [5, 5.41) is 8.21. The van der Waals surface area contributed by atoms with E-state index < -0.39 is 0 Å². The van der Waals surface area contributed by atoms with Crippen LogP contribution in [0.3, 0.4) is 0 Å². The first-order chi connectivity index (χ1) is 15.6. The minimum atomic E-state index is -0.0146. The van der Waals surface area contributed by atoms with Crippen molar-refractivity contribution in [3.8, 4) is 16.9 Å². The predicted molar refractivity (Wildman–Crippen MR) is 133 cm³/mol. The van der Waals surface area contributed by atoms with Gasteiger partial charge >= 0.3 is 0 Å². The lowest BCUT2D eigenvalue weighted by Gasteiger charge is -2.18. The Morgan fingerprint density at radius 1 is 1.12 bits per heavy atom. The maximum Gasteiger partial charge on any atom is 0.258 e. The van der Waals surface area contributed by atoms with Crippen LogP contribution < -0.4 is 15.6 Å². The number of hydrogen-bond acceptors (Lipinski definition) is 6. The Bertz CT molecular complexity index is 1230. The summed E-state index contributed by atoms with van der Waals surface area (Å²) in [5.41, 5.74) is 3.37. The number of thiophene rings is 1. The number of aryl methyl sites for hydroxylation is 1. The van der Waals surface area contributed by atoms with Crippen LogP contribution in [-0.2, 0) is 7.05 Å². The van der Waals surface area contributed by atoms with Crippen molar-refractivity contribution in [3.63, 3.8) is 0 Å². The molecule has 32 heavy (non-hydrogen) atoms. The van der Waals surface area contributed by atoms with Crippen LogP contribution in [0.25, 0.3) is 22.0 Å². The highest BCUT2D eigenvalue weighted by Gasteiger charge is 2.10. The zero-order chi connectivity index (χ0) is 22.5. The molecule has 4 rings (SSSR count). The molecule has 0 saturated heterocycles. The Balaban J connectivity index is 1.48. The van der Waals surface area contributed by atoms with Crippen molar-refractivity contribution in [2.45, 2.75) is 13.8 Å². The summed E-state index contributed by atoms with van der Waals surface area (Å²) in [6, 6.07) is 13.6. The number of fused-ring (bicyclic) bond motifs is 1. The lowest BCUT2D eigenvalue weighted by Crippen LogP contribution is -2.27. The molecule has 3 heterocycles. The van der Waals surface area contributed by atoms with Gasteiger partial charge in [0.05, 0.1) is 5.52 Å². The van der Waals surface area contributed by atoms with Crippen molar-refractivity contribution in [2.75, 3.05) is 31.6 Å². The molecule has 0 atom stereocenters. The predicted octanol–water partition coefficient (Wildman–Crippen LogP) is 5.13. The second-order valence-corrected chi connectivity index (χ2v) is 8.37. The van der Waals surface area contributed by atoms with Crippen molar-refractivity contribution in [2.24, 2.45) is 7.05 Å². The Labute approximate surface area is 192 Å². The SMILES string of the molecule is CCN(CC)CCOc1ccc(Nc2cc3c(cn2)cc(-c2ccsc2)c(=O)n3C)cc1. The minimum Gasteiger partial charge on any atom is -0.492 e. The number of ether oxygens (including phenoxy) is 1. The fourth-order valence-corrected chi connectivity index (χ4v) is 4.33. The zero-order valence-electron chi connectivity index (χ0n) is 18.7. The number of rotatable bonds is 9. The lowest BCUT2D eigenvalue weighted by molar-refractivity contribution is 0.223. The molecule has 7 heteroatoms. The van der Waals surface area contributed by atoms with Gasteiger partial charge in [0, 0.05) is 42.5 Å². The summed E-state index contributed by atoms with van der Waals surface area (Å²) in [5.74, 6) is 1.53. The second-order valence-electron chi connectivity index (χ2n) is 7.59. The van der Waals surface area contributed by atoms with Gasteiger partial charge in [0.2, 0.25) is 0 Å². The molecule has 4 aromatic rings. The summed E-state index contributed by atoms with van der Waals surface area (Å²) in [7, 11) is 1.80. The van der Waals surface area contributed by atoms with Gasteiger partial charge in [0.15, 0.2) is 0 Å². The van der Waals surface area contributed by atoms with E-state index in [9.17, 15) is 4.79 Å². The van der Waals surface area contributed by atoms with Crippen LogP contribution >= 0.6 is 11.3 Å². The van der Waals surface area contributed by atoms with Gasteiger partial charge < -0.3 is 19.5 Å². The van der Waals surface area contributed by atoms with Crippen LogP contribution in [0.1, 0.15) is 13.8 Å². The molecule has 6 nitrogen and oxygen atoms in total. The topological polar surface area (TPSA) is 59.4 Å². The number of hydrogen-bond donors (Lipinski definition) is 1. The number of pyridine rings is 2. The standard InChI is InChI=1S/C25H28N4O2S/c1-4-29(5-2)11-12-31-21-8-6-20(7-9-21)27-24-15-23-19(16-26-24)14-22(25(30)28(23)3)18-10-13-32-17-18/h6-10,13-17H,4-5,11-12H2,1-3H3,(H,26,27). The smallest absolute Gasteiger partial charge is 0.258 e. The van der Waals surface area contributed by atoms with E-state index in [1.165, 1.54) is 0 Å². The molecule has 0 aliphatic rings. The molecule has 166 valence electrons. The number of nitrogens with one attached hydrogen (secondary N) is 1. The first-order valence-corrected chi connectivity index (χ1v) is 11.8. The van der Waals surface area contributed by atoms with Crippen LogP contribution in [0.5, 0.6) is 5.75 Å². The fraction of sp³-hybridized carbons (Fsp3) is 0.280. The molecule has 0 bridgehead atoms. The third kappa shape index (κ3) is 4.84. The Hall–Kier alpha value is -3.16. The normalized spacial score (nSPS) is 11.2. The van der Waals surface area contributed by atoms with Gasteiger partial charge in [-0.15, -0.1) is 0 Å². The van der Waals surface area contributed by atoms with Crippen LogP contribution in [-0.4, -0.2) is 40.7 Å². The van der Waals surface area contributed by atoms with Crippen molar-refractivity contribution in [1.29, 1.82) is 0 Å². The van der Waals surface area contributed by atoms with E-state index in [4.69, 9.17) is 4.74 Å². The van der Waals surface area contributed by atoms with Gasteiger partial charge in [0.1, 0.15) is 18.2 Å². The molecule has 0 amide bonds. The first kappa shape index (κ1) is 22.0. The minimum absolute atomic E-state index is 0.0146. The largest absolute Gasteiger partial charge is 0.492 e. The van der Waals surface area contributed by atoms with Gasteiger partial charge in [0.25, 0.3) is 5.56 Å². The second kappa shape index (κ2) is 9.97. The molecule has 3 aromatic heterocycles. The lowest BCUT2D eigenvalue weighted by atomic mass is 10.1. The quantitative estimate of drug-likeness (QED) is 0.385. The maximum absolute atomic E-state index is 12.9. The van der Waals surface area contributed by atoms with Crippen LogP contribution in [0.4, 0.5) is 11.5 Å². The van der Waals surface area contributed by atoms with E-state index in [1.54, 1.807) is 29.1 Å². The summed E-state index contributed by atoms with van der Waals surface area (Å²) >= 11 is 1.58. The summed E-state index contributed by atoms with van der Waals surface area (Å²) in [6.45, 7) is 7.96. The zero-order valence-corrected chi connectivity index (χ0v) is 19.5. The Morgan fingerprint density at radius 3 is 2.59 bits per heavy atom. The third-order valence-electron chi connectivity index (χ3n) is 5.64. The van der Waals surface area contributed by atoms with Gasteiger partial charge in [-0.25, -0.2) is 4.98 Å². The monoisotopic (exact) mass is 448 g/mol. The van der Waals surface area contributed by atoms with Gasteiger partial charge in [-0.2, -0.15) is 11.3 Å². The van der Waals surface area contributed by atoms with E-state index in [2.05, 4.69) is 29.0 Å². The summed E-state index contributed by atoms with van der Waals surface area (Å²) in [4.78, 5) is 19.7. The van der Waals surface area contributed by atoms with Gasteiger partial charge in [-0.1, -0.05) is 13.8 Å². The Kier molecular flexibility index (Phi) is 6.87. The molecule has 0 radical (unpaired) electrons. The van der Waals surface area contributed by atoms with E-state index >= 15 is 0 Å². The molecular weight excluding hydrogens is 420 g/mol. The molecule has 0 saturated carbocycles. The van der Waals surface area contributed by atoms with Crippen molar-refractivity contribution in [3.05, 3.63) is 69.8 Å². The highest BCUT2D eigenvalue weighted by molar-refractivity contribution is 7.08. The average molecular weight is 449 g/mol. The number of benzene rings is 1. The van der Waals surface area contributed by atoms with Crippen LogP contribution in [0, 0.1) is 0 Å². The van der Waals surface area contributed by atoms with Crippen molar-refractivity contribution >= 4 is 33.7 Å². The van der Waals surface area contributed by atoms with Crippen molar-refractivity contribution in [1.82, 2.24) is 14.5 Å². The molecular formula is C25H28N4O2S. The number of likely N-dealkylation sites (N-methyl/N-ethyl adjacent to an activating group) is 1. The molecule has 0 fully saturated rings. The van der Waals surface area contributed by atoms with Gasteiger partial charge in [-0.3, -0.25) is 4.79 Å². The number of anilines is 2. The maximum atomic E-state index is 12.9. The fourth-order valence-electron chi connectivity index (χ4n) is 3.67. The molecule has 1 N–H and O–H groups in total. The molecule has 0 aliphatic heterocycles. The first-order valence-electron chi connectivity index (χ1n) is 10.8. The number of nitrogens with zero attached hydrogens (tertiary/aromatic N) is 3. The van der Waals surface area contributed by atoms with E-state index in [1.807, 2.05) is 53.2 Å². The summed E-state index contributed by atoms with van der Waals surface area (Å²) < 4.78 is 7.53. The van der Waals surface area contributed by atoms with Gasteiger partial charge in [-0.05, 0) is 65.8 Å². The van der Waals surface area contributed by atoms with Crippen LogP contribution in [0.15, 0.2) is 64.2 Å². The third-order valence-corrected chi connectivity index (χ3v) is 6.32. The van der Waals surface area contributed by atoms with E-state index in [0.717, 1.165) is 47.5 Å². The molecule has 0 unspecified atom stereocenters. The highest BCUT2D eigenvalue weighted by Crippen LogP contribution is 2.25. The average Bonchev–Trinajstić information content (AvgIpc) is 3.35. The highest BCUT2D eigenvalue weighted by atomic mass is 32.1. The summed E-state index contributed by atoms with van der Waals surface area (Å²) in [6.07, 6.45) is 1.80. The molecule has 0 aliphatic carbocycles. The van der Waals surface area contributed by atoms with E-state index in [0.29, 0.717) is 18.0 Å². The van der Waals surface area contributed by atoms with Crippen LogP contribution in [0.2, 0.25) is 0 Å². The molecule has 1 aromatic carbocycles. The van der Waals surface area contributed by atoms with Crippen molar-refractivity contribution < 1.29 is 4.74 Å². The van der Waals surface area contributed by atoms with E-state index in [-0.39, 0.29) is 5.56 Å². The Morgan fingerprint density at radius 2 is 1.91 bits per heavy atom.